The summed E-state index contributed by atoms with van der Waals surface area (Å²) in [5.74, 6) is -0.532. The van der Waals surface area contributed by atoms with E-state index in [-0.39, 0.29) is 17.5 Å². The van der Waals surface area contributed by atoms with Gasteiger partial charge in [-0.15, -0.1) is 10.2 Å². The summed E-state index contributed by atoms with van der Waals surface area (Å²) in [5.41, 5.74) is 3.21. The van der Waals surface area contributed by atoms with E-state index in [4.69, 9.17) is 0 Å². The summed E-state index contributed by atoms with van der Waals surface area (Å²) in [6.45, 7) is 0. The molecule has 5 aromatic rings. The molecule has 0 unspecified atom stereocenters. The number of pyridine rings is 1. The summed E-state index contributed by atoms with van der Waals surface area (Å²) in [6, 6.07) is 14.5. The van der Waals surface area contributed by atoms with E-state index < -0.39 is 5.91 Å². The van der Waals surface area contributed by atoms with Crippen molar-refractivity contribution in [3.63, 3.8) is 0 Å². The fourth-order valence-electron chi connectivity index (χ4n) is 3.05. The number of hydrogen-bond acceptors (Lipinski definition) is 7. The van der Waals surface area contributed by atoms with Gasteiger partial charge < -0.3 is 4.98 Å². The molecule has 0 aliphatic carbocycles. The zero-order valence-corrected chi connectivity index (χ0v) is 16.1. The molecule has 0 bridgehead atoms. The Morgan fingerprint density at radius 2 is 1.83 bits per heavy atom. The molecule has 3 heterocycles. The number of nitrogens with one attached hydrogen (secondary N) is 3. The highest BCUT2D eigenvalue weighted by Gasteiger charge is 2.16. The molecule has 2 amide bonds. The van der Waals surface area contributed by atoms with Gasteiger partial charge >= 0.3 is 0 Å². The number of carbonyl (C=O) groups is 2. The number of imidazole rings is 1. The van der Waals surface area contributed by atoms with Gasteiger partial charge in [0.05, 0.1) is 16.6 Å². The van der Waals surface area contributed by atoms with E-state index in [9.17, 15) is 9.59 Å². The summed E-state index contributed by atoms with van der Waals surface area (Å²) >= 11 is 1.22. The molecule has 0 saturated carbocycles. The van der Waals surface area contributed by atoms with Crippen molar-refractivity contribution in [2.24, 2.45) is 0 Å². The molecule has 30 heavy (non-hydrogen) atoms. The van der Waals surface area contributed by atoms with Crippen LogP contribution in [0.15, 0.2) is 60.2 Å². The Balaban J connectivity index is 1.42. The predicted molar refractivity (Wildman–Crippen MR) is 114 cm³/mol. The summed E-state index contributed by atoms with van der Waals surface area (Å²) < 4.78 is 0. The third-order valence-corrected chi connectivity index (χ3v) is 5.05. The molecule has 5 rings (SSSR count). The fourth-order valence-corrected chi connectivity index (χ4v) is 3.49. The van der Waals surface area contributed by atoms with Crippen molar-refractivity contribution in [1.29, 1.82) is 0 Å². The maximum atomic E-state index is 12.6. The second-order valence-electron chi connectivity index (χ2n) is 6.35. The van der Waals surface area contributed by atoms with Gasteiger partial charge in [0.1, 0.15) is 11.2 Å². The molecule has 3 aromatic heterocycles. The van der Waals surface area contributed by atoms with Crippen LogP contribution in [0.25, 0.3) is 21.8 Å². The second-order valence-corrected chi connectivity index (χ2v) is 7.19. The van der Waals surface area contributed by atoms with E-state index in [1.165, 1.54) is 16.8 Å². The minimum absolute atomic E-state index is 0.223. The number of benzene rings is 2. The number of amides is 2. The van der Waals surface area contributed by atoms with Crippen LogP contribution < -0.4 is 10.6 Å². The smallest absolute Gasteiger partial charge is 0.276 e. The van der Waals surface area contributed by atoms with Crippen molar-refractivity contribution in [3.05, 3.63) is 71.5 Å². The lowest BCUT2D eigenvalue weighted by Crippen LogP contribution is -2.14. The molecule has 0 aliphatic heterocycles. The second kappa shape index (κ2) is 7.33. The molecule has 0 fully saturated rings. The summed E-state index contributed by atoms with van der Waals surface area (Å²) in [6.07, 6.45) is 1.65. The van der Waals surface area contributed by atoms with Gasteiger partial charge in [-0.05, 0) is 23.6 Å². The van der Waals surface area contributed by atoms with E-state index in [0.717, 1.165) is 10.8 Å². The van der Waals surface area contributed by atoms with Crippen LogP contribution >= 0.6 is 11.3 Å². The van der Waals surface area contributed by atoms with Crippen LogP contribution in [0.2, 0.25) is 0 Å². The number of rotatable bonds is 4. The molecule has 2 aromatic carbocycles. The number of anilines is 2. The molecule has 0 atom stereocenters. The molecular formula is C20H13N7O2S. The first-order chi connectivity index (χ1) is 14.7. The molecule has 3 N–H and O–H groups in total. The SMILES string of the molecule is O=C(Nc1nc2cccc(C(=O)Nc3nncs3)c2[nH]1)c1cc2ccccc2cn1. The van der Waals surface area contributed by atoms with E-state index in [0.29, 0.717) is 21.7 Å². The number of fused-ring (bicyclic) bond motifs is 2. The van der Waals surface area contributed by atoms with Crippen molar-refractivity contribution in [1.82, 2.24) is 25.1 Å². The first-order valence-corrected chi connectivity index (χ1v) is 9.78. The van der Waals surface area contributed by atoms with Gasteiger partial charge in [0.25, 0.3) is 11.8 Å². The number of hydrogen-bond donors (Lipinski definition) is 3. The molecule has 10 heteroatoms. The minimum atomic E-state index is -0.403. The van der Waals surface area contributed by atoms with Crippen LogP contribution in [0.5, 0.6) is 0 Å². The summed E-state index contributed by atoms with van der Waals surface area (Å²) in [5, 5.41) is 15.2. The van der Waals surface area contributed by atoms with Gasteiger partial charge in [-0.2, -0.15) is 0 Å². The quantitative estimate of drug-likeness (QED) is 0.413. The van der Waals surface area contributed by atoms with Crippen LogP contribution in [-0.4, -0.2) is 37.0 Å². The number of H-pyrrole nitrogens is 1. The first kappa shape index (κ1) is 17.9. The third-order valence-electron chi connectivity index (χ3n) is 4.44. The Morgan fingerprint density at radius 3 is 2.67 bits per heavy atom. The Morgan fingerprint density at radius 1 is 0.967 bits per heavy atom. The van der Waals surface area contributed by atoms with Crippen molar-refractivity contribution in [2.75, 3.05) is 10.6 Å². The fraction of sp³-hybridized carbons (Fsp3) is 0. The number of aromatic amines is 1. The largest absolute Gasteiger partial charge is 0.323 e. The summed E-state index contributed by atoms with van der Waals surface area (Å²) in [4.78, 5) is 36.8. The maximum Gasteiger partial charge on any atom is 0.276 e. The Bertz CT molecular complexity index is 1400. The number of carbonyl (C=O) groups excluding carboxylic acids is 2. The monoisotopic (exact) mass is 415 g/mol. The van der Waals surface area contributed by atoms with Crippen LogP contribution in [0.4, 0.5) is 11.1 Å². The number of aromatic nitrogens is 5. The van der Waals surface area contributed by atoms with E-state index in [1.807, 2.05) is 24.3 Å². The Hall–Kier alpha value is -4.18. The molecule has 9 nitrogen and oxygen atoms in total. The first-order valence-electron chi connectivity index (χ1n) is 8.90. The lowest BCUT2D eigenvalue weighted by Gasteiger charge is -2.03. The normalized spacial score (nSPS) is 10.9. The molecule has 0 saturated heterocycles. The van der Waals surface area contributed by atoms with Crippen LogP contribution in [0.3, 0.4) is 0 Å². The average molecular weight is 415 g/mol. The zero-order valence-electron chi connectivity index (χ0n) is 15.3. The summed E-state index contributed by atoms with van der Waals surface area (Å²) in [7, 11) is 0. The van der Waals surface area contributed by atoms with E-state index in [2.05, 4.69) is 35.8 Å². The van der Waals surface area contributed by atoms with Crippen LogP contribution in [-0.2, 0) is 0 Å². The number of nitrogens with zero attached hydrogens (tertiary/aromatic N) is 4. The Labute approximate surface area is 173 Å². The maximum absolute atomic E-state index is 12.6. The standard InChI is InChI=1S/C20H13N7O2S/c28-17(26-20-27-22-10-30-20)13-6-3-7-14-16(13)24-19(23-14)25-18(29)15-8-11-4-1-2-5-12(11)9-21-15/h1-10H,(H,26,27,28)(H2,23,24,25,29). The highest BCUT2D eigenvalue weighted by atomic mass is 32.1. The predicted octanol–water partition coefficient (Wildman–Crippen LogP) is 3.47. The van der Waals surface area contributed by atoms with E-state index in [1.54, 1.807) is 30.5 Å². The van der Waals surface area contributed by atoms with Crippen molar-refractivity contribution in [2.45, 2.75) is 0 Å². The molecular weight excluding hydrogens is 402 g/mol. The highest BCUT2D eigenvalue weighted by Crippen LogP contribution is 2.21. The highest BCUT2D eigenvalue weighted by molar-refractivity contribution is 7.13. The van der Waals surface area contributed by atoms with E-state index >= 15 is 0 Å². The zero-order chi connectivity index (χ0) is 20.5. The third kappa shape index (κ3) is 3.35. The van der Waals surface area contributed by atoms with Crippen LogP contribution in [0, 0.1) is 0 Å². The average Bonchev–Trinajstić information content (AvgIpc) is 3.42. The molecule has 146 valence electrons. The molecule has 0 spiro atoms. The van der Waals surface area contributed by atoms with Crippen LogP contribution in [0.1, 0.15) is 20.8 Å². The van der Waals surface area contributed by atoms with Gasteiger partial charge in [0, 0.05) is 11.6 Å². The Kier molecular flexibility index (Phi) is 4.37. The van der Waals surface area contributed by atoms with Gasteiger partial charge in [0.2, 0.25) is 11.1 Å². The van der Waals surface area contributed by atoms with Crippen molar-refractivity contribution < 1.29 is 9.59 Å². The van der Waals surface area contributed by atoms with Crippen molar-refractivity contribution in [3.8, 4) is 0 Å². The van der Waals surface area contributed by atoms with Gasteiger partial charge in [0.15, 0.2) is 0 Å². The van der Waals surface area contributed by atoms with Gasteiger partial charge in [-0.3, -0.25) is 25.2 Å². The number of para-hydroxylation sites is 1. The van der Waals surface area contributed by atoms with Gasteiger partial charge in [-0.25, -0.2) is 4.98 Å². The topological polar surface area (TPSA) is 126 Å². The minimum Gasteiger partial charge on any atom is -0.323 e. The lowest BCUT2D eigenvalue weighted by molar-refractivity contribution is 0.101. The molecule has 0 radical (unpaired) electrons. The van der Waals surface area contributed by atoms with Gasteiger partial charge in [-0.1, -0.05) is 41.7 Å². The molecule has 0 aliphatic rings. The lowest BCUT2D eigenvalue weighted by atomic mass is 10.1. The van der Waals surface area contributed by atoms with Crippen molar-refractivity contribution >= 4 is 56.0 Å².